The summed E-state index contributed by atoms with van der Waals surface area (Å²) >= 11 is 0. The first-order chi connectivity index (χ1) is 6.32. The van der Waals surface area contributed by atoms with Crippen molar-refractivity contribution in [3.05, 3.63) is 0 Å². The Morgan fingerprint density at radius 1 is 1.23 bits per heavy atom. The van der Waals surface area contributed by atoms with Crippen LogP contribution in [0.25, 0.3) is 0 Å². The van der Waals surface area contributed by atoms with Crippen LogP contribution in [-0.2, 0) is 4.79 Å². The first kappa shape index (κ1) is 7.98. The third kappa shape index (κ3) is 1.23. The molecule has 2 heteroatoms. The van der Waals surface area contributed by atoms with Crippen LogP contribution in [0, 0.1) is 17.3 Å². The lowest BCUT2D eigenvalue weighted by Crippen LogP contribution is -2.30. The molecule has 3 rings (SSSR count). The molecule has 0 aromatic carbocycles. The van der Waals surface area contributed by atoms with E-state index in [1.807, 2.05) is 0 Å². The molecule has 0 radical (unpaired) electrons. The molecule has 0 aromatic heterocycles. The van der Waals surface area contributed by atoms with Gasteiger partial charge in [-0.05, 0) is 50.6 Å². The number of hydrogen-bond acceptors (Lipinski definition) is 2. The lowest BCUT2D eigenvalue weighted by Gasteiger charge is -2.23. The molecule has 1 aliphatic heterocycles. The van der Waals surface area contributed by atoms with Gasteiger partial charge < -0.3 is 5.32 Å². The highest BCUT2D eigenvalue weighted by Crippen LogP contribution is 2.61. The number of carbonyl (C=O) groups is 1. The molecule has 1 spiro atoms. The number of carbonyl (C=O) groups excluding carboxylic acids is 1. The second-order valence-electron chi connectivity index (χ2n) is 5.05. The Balaban J connectivity index is 1.66. The van der Waals surface area contributed by atoms with E-state index in [1.54, 1.807) is 0 Å². The first-order valence-electron chi connectivity index (χ1n) is 5.56. The zero-order valence-electron chi connectivity index (χ0n) is 8.01. The summed E-state index contributed by atoms with van der Waals surface area (Å²) in [5.41, 5.74) is 0.477. The molecular formula is C11H17NO. The van der Waals surface area contributed by atoms with Crippen molar-refractivity contribution in [2.75, 3.05) is 13.1 Å². The number of Topliss-reactive ketones (excluding diaryl/α,β-unsaturated/α-hetero) is 1. The Hall–Kier alpha value is -0.370. The van der Waals surface area contributed by atoms with Crippen molar-refractivity contribution in [2.45, 2.75) is 32.1 Å². The van der Waals surface area contributed by atoms with Crippen LogP contribution in [0.4, 0.5) is 0 Å². The standard InChI is InChI=1S/C11H17NO/c13-10(8-1-2-8)9-7-11(9)3-5-12-6-4-11/h8-9,12H,1-7H2. The number of ketones is 1. The van der Waals surface area contributed by atoms with E-state index >= 15 is 0 Å². The molecule has 0 aromatic rings. The third-order valence-electron chi connectivity index (χ3n) is 4.11. The summed E-state index contributed by atoms with van der Waals surface area (Å²) in [5.74, 6) is 1.57. The van der Waals surface area contributed by atoms with Crippen molar-refractivity contribution in [1.82, 2.24) is 5.32 Å². The molecule has 3 aliphatic rings. The SMILES string of the molecule is O=C(C1CC1)C1CC12CCNCC2. The zero-order valence-corrected chi connectivity index (χ0v) is 8.01. The van der Waals surface area contributed by atoms with E-state index in [-0.39, 0.29) is 0 Å². The summed E-state index contributed by atoms with van der Waals surface area (Å²) in [5, 5.41) is 3.37. The molecular weight excluding hydrogens is 162 g/mol. The fraction of sp³-hybridized carbons (Fsp3) is 0.909. The smallest absolute Gasteiger partial charge is 0.139 e. The highest BCUT2D eigenvalue weighted by Gasteiger charge is 2.59. The molecule has 1 unspecified atom stereocenters. The summed E-state index contributed by atoms with van der Waals surface area (Å²) in [6.07, 6.45) is 6.07. The van der Waals surface area contributed by atoms with Crippen LogP contribution in [0.5, 0.6) is 0 Å². The molecule has 0 amide bonds. The minimum atomic E-state index is 0.474. The van der Waals surface area contributed by atoms with E-state index < -0.39 is 0 Å². The lowest BCUT2D eigenvalue weighted by molar-refractivity contribution is -0.122. The van der Waals surface area contributed by atoms with Crippen LogP contribution in [0.15, 0.2) is 0 Å². The highest BCUT2D eigenvalue weighted by atomic mass is 16.1. The van der Waals surface area contributed by atoms with Crippen molar-refractivity contribution in [3.8, 4) is 0 Å². The van der Waals surface area contributed by atoms with E-state index in [0.29, 0.717) is 23.0 Å². The number of hydrogen-bond donors (Lipinski definition) is 1. The van der Waals surface area contributed by atoms with Gasteiger partial charge in [0.25, 0.3) is 0 Å². The second-order valence-corrected chi connectivity index (χ2v) is 5.05. The molecule has 3 fully saturated rings. The van der Waals surface area contributed by atoms with Gasteiger partial charge in [0.1, 0.15) is 5.78 Å². The topological polar surface area (TPSA) is 29.1 Å². The van der Waals surface area contributed by atoms with Crippen molar-refractivity contribution in [3.63, 3.8) is 0 Å². The Labute approximate surface area is 79.1 Å². The molecule has 13 heavy (non-hydrogen) atoms. The maximum atomic E-state index is 11.8. The molecule has 1 heterocycles. The summed E-state index contributed by atoms with van der Waals surface area (Å²) in [6.45, 7) is 2.27. The maximum absolute atomic E-state index is 11.8. The zero-order chi connectivity index (χ0) is 8.89. The van der Waals surface area contributed by atoms with Gasteiger partial charge in [0.05, 0.1) is 0 Å². The molecule has 1 saturated heterocycles. The molecule has 2 aliphatic carbocycles. The summed E-state index contributed by atoms with van der Waals surface area (Å²) in [7, 11) is 0. The van der Waals surface area contributed by atoms with Crippen LogP contribution in [0.3, 0.4) is 0 Å². The monoisotopic (exact) mass is 179 g/mol. The van der Waals surface area contributed by atoms with Gasteiger partial charge in [-0.2, -0.15) is 0 Å². The van der Waals surface area contributed by atoms with Gasteiger partial charge in [0.2, 0.25) is 0 Å². The van der Waals surface area contributed by atoms with Gasteiger partial charge in [0.15, 0.2) is 0 Å². The summed E-state index contributed by atoms with van der Waals surface area (Å²) < 4.78 is 0. The largest absolute Gasteiger partial charge is 0.317 e. The predicted molar refractivity (Wildman–Crippen MR) is 50.4 cm³/mol. The quantitative estimate of drug-likeness (QED) is 0.693. The van der Waals surface area contributed by atoms with Gasteiger partial charge in [-0.3, -0.25) is 4.79 Å². The summed E-state index contributed by atoms with van der Waals surface area (Å²) in [4.78, 5) is 11.8. The fourth-order valence-corrected chi connectivity index (χ4v) is 2.88. The number of nitrogens with one attached hydrogen (secondary N) is 1. The van der Waals surface area contributed by atoms with E-state index in [1.165, 1.54) is 32.1 Å². The van der Waals surface area contributed by atoms with Gasteiger partial charge in [-0.15, -0.1) is 0 Å². The average Bonchev–Trinajstić information content (AvgIpc) is 3.00. The van der Waals surface area contributed by atoms with E-state index in [0.717, 1.165) is 13.1 Å². The second kappa shape index (κ2) is 2.57. The Morgan fingerprint density at radius 3 is 2.54 bits per heavy atom. The molecule has 2 nitrogen and oxygen atoms in total. The maximum Gasteiger partial charge on any atom is 0.139 e. The van der Waals surface area contributed by atoms with Gasteiger partial charge in [-0.1, -0.05) is 0 Å². The van der Waals surface area contributed by atoms with Crippen LogP contribution >= 0.6 is 0 Å². The van der Waals surface area contributed by atoms with Crippen molar-refractivity contribution >= 4 is 5.78 Å². The van der Waals surface area contributed by atoms with E-state index in [4.69, 9.17) is 0 Å². The van der Waals surface area contributed by atoms with Gasteiger partial charge in [-0.25, -0.2) is 0 Å². The van der Waals surface area contributed by atoms with Crippen molar-refractivity contribution < 1.29 is 4.79 Å². The molecule has 0 bridgehead atoms. The number of piperidine rings is 1. The average molecular weight is 179 g/mol. The van der Waals surface area contributed by atoms with Crippen LogP contribution in [0.2, 0.25) is 0 Å². The Bertz CT molecular complexity index is 238. The van der Waals surface area contributed by atoms with Crippen LogP contribution in [-0.4, -0.2) is 18.9 Å². The normalized spacial score (nSPS) is 36.2. The number of rotatable bonds is 2. The van der Waals surface area contributed by atoms with Gasteiger partial charge >= 0.3 is 0 Å². The predicted octanol–water partition coefficient (Wildman–Crippen LogP) is 1.36. The molecule has 2 saturated carbocycles. The lowest BCUT2D eigenvalue weighted by atomic mass is 9.90. The highest BCUT2D eigenvalue weighted by molar-refractivity contribution is 5.88. The first-order valence-corrected chi connectivity index (χ1v) is 5.56. The van der Waals surface area contributed by atoms with Crippen molar-refractivity contribution in [2.24, 2.45) is 17.3 Å². The minimum Gasteiger partial charge on any atom is -0.317 e. The summed E-state index contributed by atoms with van der Waals surface area (Å²) in [6, 6.07) is 0. The Morgan fingerprint density at radius 2 is 1.92 bits per heavy atom. The van der Waals surface area contributed by atoms with Crippen LogP contribution in [0.1, 0.15) is 32.1 Å². The van der Waals surface area contributed by atoms with E-state index in [2.05, 4.69) is 5.32 Å². The minimum absolute atomic E-state index is 0.474. The van der Waals surface area contributed by atoms with E-state index in [9.17, 15) is 4.79 Å². The van der Waals surface area contributed by atoms with Gasteiger partial charge in [0, 0.05) is 11.8 Å². The molecule has 72 valence electrons. The van der Waals surface area contributed by atoms with Crippen LogP contribution < -0.4 is 5.32 Å². The molecule has 1 atom stereocenters. The molecule has 1 N–H and O–H groups in total. The fourth-order valence-electron chi connectivity index (χ4n) is 2.88. The van der Waals surface area contributed by atoms with Crippen molar-refractivity contribution in [1.29, 1.82) is 0 Å². The third-order valence-corrected chi connectivity index (χ3v) is 4.11. The Kier molecular flexibility index (Phi) is 1.58.